The van der Waals surface area contributed by atoms with Crippen molar-refractivity contribution in [2.75, 3.05) is 39.4 Å². The summed E-state index contributed by atoms with van der Waals surface area (Å²) in [4.78, 5) is 12.0. The van der Waals surface area contributed by atoms with Gasteiger partial charge >= 0.3 is 6.09 Å². The average molecular weight is 278 g/mol. The SMILES string of the molecule is O=C(O)N1CCC(S(=O)(=O)N2CCOCC2)CC1. The van der Waals surface area contributed by atoms with Crippen LogP contribution in [0.5, 0.6) is 0 Å². The second-order valence-electron chi connectivity index (χ2n) is 4.53. The van der Waals surface area contributed by atoms with Crippen LogP contribution in [0.1, 0.15) is 12.8 Å². The molecule has 0 aliphatic carbocycles. The summed E-state index contributed by atoms with van der Waals surface area (Å²) in [6.45, 7) is 2.27. The number of nitrogens with zero attached hydrogens (tertiary/aromatic N) is 2. The molecule has 2 aliphatic heterocycles. The third-order valence-electron chi connectivity index (χ3n) is 3.46. The minimum absolute atomic E-state index is 0.295. The molecule has 2 saturated heterocycles. The summed E-state index contributed by atoms with van der Waals surface area (Å²) >= 11 is 0. The third-order valence-corrected chi connectivity index (χ3v) is 5.86. The highest BCUT2D eigenvalue weighted by molar-refractivity contribution is 7.89. The summed E-state index contributed by atoms with van der Waals surface area (Å²) in [7, 11) is -3.30. The van der Waals surface area contributed by atoms with Crippen molar-refractivity contribution in [1.82, 2.24) is 9.21 Å². The molecule has 1 N–H and O–H groups in total. The number of carboxylic acid groups (broad SMARTS) is 1. The van der Waals surface area contributed by atoms with E-state index in [0.29, 0.717) is 52.2 Å². The fourth-order valence-corrected chi connectivity index (χ4v) is 4.24. The van der Waals surface area contributed by atoms with E-state index in [4.69, 9.17) is 9.84 Å². The molecule has 0 unspecified atom stereocenters. The number of sulfonamides is 1. The minimum Gasteiger partial charge on any atom is -0.465 e. The molecule has 0 radical (unpaired) electrons. The Balaban J connectivity index is 1.97. The number of ether oxygens (including phenoxy) is 1. The van der Waals surface area contributed by atoms with Crippen LogP contribution >= 0.6 is 0 Å². The fraction of sp³-hybridized carbons (Fsp3) is 0.900. The third kappa shape index (κ3) is 2.76. The van der Waals surface area contributed by atoms with Gasteiger partial charge in [-0.15, -0.1) is 0 Å². The smallest absolute Gasteiger partial charge is 0.407 e. The first-order valence-corrected chi connectivity index (χ1v) is 7.56. The lowest BCUT2D eigenvalue weighted by Gasteiger charge is -2.34. The molecule has 2 rings (SSSR count). The predicted molar refractivity (Wildman–Crippen MR) is 63.9 cm³/mol. The summed E-state index contributed by atoms with van der Waals surface area (Å²) in [5, 5.41) is 8.37. The first-order valence-electron chi connectivity index (χ1n) is 6.06. The van der Waals surface area contributed by atoms with Gasteiger partial charge in [0, 0.05) is 26.2 Å². The van der Waals surface area contributed by atoms with Gasteiger partial charge in [0.25, 0.3) is 0 Å². The molecule has 0 aromatic heterocycles. The highest BCUT2D eigenvalue weighted by atomic mass is 32.2. The standard InChI is InChI=1S/C10H18N2O5S/c13-10(14)11-3-1-9(2-4-11)18(15,16)12-5-7-17-8-6-12/h9H,1-8H2,(H,13,14). The maximum atomic E-state index is 12.3. The number of hydrogen-bond acceptors (Lipinski definition) is 4. The summed E-state index contributed by atoms with van der Waals surface area (Å²) in [6, 6.07) is 0. The van der Waals surface area contributed by atoms with Gasteiger partial charge < -0.3 is 14.7 Å². The molecule has 0 saturated carbocycles. The van der Waals surface area contributed by atoms with E-state index >= 15 is 0 Å². The van der Waals surface area contributed by atoms with Crippen molar-refractivity contribution in [3.63, 3.8) is 0 Å². The summed E-state index contributed by atoms with van der Waals surface area (Å²) < 4.78 is 31.3. The van der Waals surface area contributed by atoms with E-state index in [1.165, 1.54) is 9.21 Å². The van der Waals surface area contributed by atoms with E-state index in [2.05, 4.69) is 0 Å². The Hall–Kier alpha value is -0.860. The molecule has 0 aromatic rings. The Bertz CT molecular complexity index is 396. The van der Waals surface area contributed by atoms with Crippen LogP contribution in [-0.4, -0.2) is 73.5 Å². The van der Waals surface area contributed by atoms with Gasteiger partial charge in [-0.3, -0.25) is 0 Å². The van der Waals surface area contributed by atoms with E-state index in [9.17, 15) is 13.2 Å². The van der Waals surface area contributed by atoms with Gasteiger partial charge in [0.2, 0.25) is 10.0 Å². The molecule has 0 bridgehead atoms. The van der Waals surface area contributed by atoms with Crippen LogP contribution in [0.25, 0.3) is 0 Å². The maximum Gasteiger partial charge on any atom is 0.407 e. The van der Waals surface area contributed by atoms with Crippen LogP contribution in [0.4, 0.5) is 4.79 Å². The summed E-state index contributed by atoms with van der Waals surface area (Å²) in [6.07, 6.45) is -0.213. The van der Waals surface area contributed by atoms with Crippen molar-refractivity contribution in [1.29, 1.82) is 0 Å². The number of likely N-dealkylation sites (tertiary alicyclic amines) is 1. The molecule has 2 fully saturated rings. The van der Waals surface area contributed by atoms with Crippen LogP contribution in [0, 0.1) is 0 Å². The van der Waals surface area contributed by atoms with Gasteiger partial charge in [0.15, 0.2) is 0 Å². The Morgan fingerprint density at radius 1 is 1.11 bits per heavy atom. The van der Waals surface area contributed by atoms with Gasteiger partial charge in [0.1, 0.15) is 0 Å². The number of piperidine rings is 1. The van der Waals surface area contributed by atoms with Crippen LogP contribution in [-0.2, 0) is 14.8 Å². The Kier molecular flexibility index (Phi) is 4.08. The van der Waals surface area contributed by atoms with Gasteiger partial charge in [-0.25, -0.2) is 13.2 Å². The lowest BCUT2D eigenvalue weighted by atomic mass is 10.1. The number of hydrogen-bond donors (Lipinski definition) is 1. The van der Waals surface area contributed by atoms with Crippen molar-refractivity contribution in [2.45, 2.75) is 18.1 Å². The maximum absolute atomic E-state index is 12.3. The van der Waals surface area contributed by atoms with E-state index in [1.807, 2.05) is 0 Å². The largest absolute Gasteiger partial charge is 0.465 e. The molecule has 8 heteroatoms. The molecule has 0 atom stereocenters. The van der Waals surface area contributed by atoms with E-state index < -0.39 is 21.4 Å². The topological polar surface area (TPSA) is 87.2 Å². The molecule has 7 nitrogen and oxygen atoms in total. The zero-order chi connectivity index (χ0) is 13.2. The van der Waals surface area contributed by atoms with Gasteiger partial charge in [-0.05, 0) is 12.8 Å². The second kappa shape index (κ2) is 5.41. The first kappa shape index (κ1) is 13.6. The van der Waals surface area contributed by atoms with Crippen molar-refractivity contribution in [3.05, 3.63) is 0 Å². The van der Waals surface area contributed by atoms with Crippen LogP contribution in [0.15, 0.2) is 0 Å². The zero-order valence-corrected chi connectivity index (χ0v) is 10.9. The predicted octanol–water partition coefficient (Wildman–Crippen LogP) is -0.209. The summed E-state index contributed by atoms with van der Waals surface area (Å²) in [5.41, 5.74) is 0. The molecule has 2 aliphatic rings. The number of carbonyl (C=O) groups is 1. The molecule has 1 amide bonds. The molecular weight excluding hydrogens is 260 g/mol. The zero-order valence-electron chi connectivity index (χ0n) is 10.1. The minimum atomic E-state index is -3.30. The average Bonchev–Trinajstić information content (AvgIpc) is 2.40. The fourth-order valence-electron chi connectivity index (χ4n) is 2.36. The van der Waals surface area contributed by atoms with E-state index in [0.717, 1.165) is 0 Å². The van der Waals surface area contributed by atoms with Crippen LogP contribution in [0.2, 0.25) is 0 Å². The molecule has 0 spiro atoms. The Morgan fingerprint density at radius 3 is 2.17 bits per heavy atom. The first-order chi connectivity index (χ1) is 8.51. The van der Waals surface area contributed by atoms with E-state index in [-0.39, 0.29) is 0 Å². The quantitative estimate of drug-likeness (QED) is 0.755. The van der Waals surface area contributed by atoms with Crippen molar-refractivity contribution < 1.29 is 23.1 Å². The number of rotatable bonds is 2. The summed E-state index contributed by atoms with van der Waals surface area (Å²) in [5.74, 6) is 0. The monoisotopic (exact) mass is 278 g/mol. The molecule has 2 heterocycles. The lowest BCUT2D eigenvalue weighted by molar-refractivity contribution is 0.0720. The Morgan fingerprint density at radius 2 is 1.67 bits per heavy atom. The van der Waals surface area contributed by atoms with Crippen molar-refractivity contribution in [2.24, 2.45) is 0 Å². The van der Waals surface area contributed by atoms with Crippen molar-refractivity contribution >= 4 is 16.1 Å². The molecule has 0 aromatic carbocycles. The van der Waals surface area contributed by atoms with Crippen molar-refractivity contribution in [3.8, 4) is 0 Å². The van der Waals surface area contributed by atoms with Crippen LogP contribution < -0.4 is 0 Å². The molecule has 18 heavy (non-hydrogen) atoms. The second-order valence-corrected chi connectivity index (χ2v) is 6.74. The van der Waals surface area contributed by atoms with Gasteiger partial charge in [-0.2, -0.15) is 4.31 Å². The number of morpholine rings is 1. The highest BCUT2D eigenvalue weighted by Crippen LogP contribution is 2.21. The van der Waals surface area contributed by atoms with Gasteiger partial charge in [-0.1, -0.05) is 0 Å². The van der Waals surface area contributed by atoms with E-state index in [1.54, 1.807) is 0 Å². The molecule has 104 valence electrons. The molecular formula is C10H18N2O5S. The highest BCUT2D eigenvalue weighted by Gasteiger charge is 2.36. The number of amides is 1. The van der Waals surface area contributed by atoms with Gasteiger partial charge in [0.05, 0.1) is 18.5 Å². The lowest BCUT2D eigenvalue weighted by Crippen LogP contribution is -2.49. The van der Waals surface area contributed by atoms with Crippen LogP contribution in [0.3, 0.4) is 0 Å². The Labute approximate surface area is 106 Å². The normalized spacial score (nSPS) is 24.1.